The van der Waals surface area contributed by atoms with Gasteiger partial charge in [0.05, 0.1) is 0 Å². The lowest BCUT2D eigenvalue weighted by Gasteiger charge is -1.95. The molecule has 0 radical (unpaired) electrons. The number of hydrogen-bond acceptors (Lipinski definition) is 3. The molecular weight excluding hydrogens is 128 g/mol. The van der Waals surface area contributed by atoms with Crippen molar-refractivity contribution in [2.45, 2.75) is 19.3 Å². The van der Waals surface area contributed by atoms with Crippen molar-refractivity contribution in [3.63, 3.8) is 0 Å². The zero-order valence-electron chi connectivity index (χ0n) is 5.76. The van der Waals surface area contributed by atoms with Gasteiger partial charge in [-0.3, -0.25) is 0 Å². The number of nitrogens with one attached hydrogen (secondary N) is 1. The van der Waals surface area contributed by atoms with E-state index >= 15 is 0 Å². The summed E-state index contributed by atoms with van der Waals surface area (Å²) in [7, 11) is 0. The maximum absolute atomic E-state index is 5.11. The molecule has 0 saturated carbocycles. The highest BCUT2D eigenvalue weighted by Gasteiger charge is 2.09. The normalized spacial score (nSPS) is 17.2. The van der Waals surface area contributed by atoms with Crippen molar-refractivity contribution >= 4 is 5.88 Å². The van der Waals surface area contributed by atoms with Gasteiger partial charge in [-0.05, 0) is 19.3 Å². The number of aryl methyl sites for hydroxylation is 1. The molecule has 0 spiro atoms. The van der Waals surface area contributed by atoms with Gasteiger partial charge in [-0.15, -0.1) is 0 Å². The standard InChI is InChI=1S/C7H10N2O/c1-2-4-8-7-6(3-1)9-5-10-7/h5,8H,1-4H2. The summed E-state index contributed by atoms with van der Waals surface area (Å²) in [6.45, 7) is 1.02. The zero-order valence-corrected chi connectivity index (χ0v) is 5.76. The van der Waals surface area contributed by atoms with Crippen LogP contribution in [-0.2, 0) is 6.42 Å². The third-order valence-electron chi connectivity index (χ3n) is 1.77. The van der Waals surface area contributed by atoms with Crippen molar-refractivity contribution < 1.29 is 4.42 Å². The third kappa shape index (κ3) is 0.875. The van der Waals surface area contributed by atoms with Gasteiger partial charge < -0.3 is 9.73 Å². The van der Waals surface area contributed by atoms with Crippen LogP contribution in [0.25, 0.3) is 0 Å². The fourth-order valence-electron chi connectivity index (χ4n) is 1.21. The molecule has 1 N–H and O–H groups in total. The maximum Gasteiger partial charge on any atom is 0.216 e. The summed E-state index contributed by atoms with van der Waals surface area (Å²) in [5.41, 5.74) is 1.08. The van der Waals surface area contributed by atoms with E-state index in [1.165, 1.54) is 19.2 Å². The highest BCUT2D eigenvalue weighted by Crippen LogP contribution is 2.18. The largest absolute Gasteiger partial charge is 0.428 e. The summed E-state index contributed by atoms with van der Waals surface area (Å²) < 4.78 is 5.11. The van der Waals surface area contributed by atoms with Gasteiger partial charge in [0.1, 0.15) is 5.69 Å². The van der Waals surface area contributed by atoms with Crippen LogP contribution in [-0.4, -0.2) is 11.5 Å². The summed E-state index contributed by atoms with van der Waals surface area (Å²) in [5.74, 6) is 0.873. The Labute approximate surface area is 59.4 Å². The predicted molar refractivity (Wildman–Crippen MR) is 37.9 cm³/mol. The minimum absolute atomic E-state index is 0.873. The Kier molecular flexibility index (Phi) is 1.34. The van der Waals surface area contributed by atoms with Gasteiger partial charge in [0.25, 0.3) is 0 Å². The highest BCUT2D eigenvalue weighted by atomic mass is 16.4. The third-order valence-corrected chi connectivity index (χ3v) is 1.77. The van der Waals surface area contributed by atoms with E-state index in [4.69, 9.17) is 4.42 Å². The first-order chi connectivity index (χ1) is 4.97. The Morgan fingerprint density at radius 3 is 3.50 bits per heavy atom. The maximum atomic E-state index is 5.11. The van der Waals surface area contributed by atoms with Gasteiger partial charge in [0.2, 0.25) is 5.88 Å². The number of fused-ring (bicyclic) bond motifs is 1. The Morgan fingerprint density at radius 2 is 2.50 bits per heavy atom. The first-order valence-electron chi connectivity index (χ1n) is 3.63. The van der Waals surface area contributed by atoms with E-state index < -0.39 is 0 Å². The van der Waals surface area contributed by atoms with E-state index in [9.17, 15) is 0 Å². The number of oxazole rings is 1. The summed E-state index contributed by atoms with van der Waals surface area (Å²) in [5, 5.41) is 3.18. The summed E-state index contributed by atoms with van der Waals surface area (Å²) >= 11 is 0. The van der Waals surface area contributed by atoms with Gasteiger partial charge in [0, 0.05) is 6.54 Å². The van der Waals surface area contributed by atoms with Gasteiger partial charge >= 0.3 is 0 Å². The fourth-order valence-corrected chi connectivity index (χ4v) is 1.21. The molecule has 0 atom stereocenters. The van der Waals surface area contributed by atoms with Crippen molar-refractivity contribution in [3.05, 3.63) is 12.1 Å². The van der Waals surface area contributed by atoms with E-state index in [0.29, 0.717) is 0 Å². The van der Waals surface area contributed by atoms with E-state index in [0.717, 1.165) is 24.5 Å². The molecule has 0 fully saturated rings. The highest BCUT2D eigenvalue weighted by molar-refractivity contribution is 5.36. The van der Waals surface area contributed by atoms with E-state index in [2.05, 4.69) is 10.3 Å². The molecule has 0 amide bonds. The number of nitrogens with zero attached hydrogens (tertiary/aromatic N) is 1. The summed E-state index contributed by atoms with van der Waals surface area (Å²) in [6, 6.07) is 0. The number of rotatable bonds is 0. The molecule has 2 heterocycles. The lowest BCUT2D eigenvalue weighted by atomic mass is 10.2. The molecule has 0 saturated heterocycles. The van der Waals surface area contributed by atoms with E-state index in [1.807, 2.05) is 0 Å². The Bertz CT molecular complexity index is 199. The van der Waals surface area contributed by atoms with Crippen LogP contribution in [0.3, 0.4) is 0 Å². The quantitative estimate of drug-likeness (QED) is 0.589. The Balaban J connectivity index is 2.28. The number of anilines is 1. The lowest BCUT2D eigenvalue weighted by Crippen LogP contribution is -1.97. The van der Waals surface area contributed by atoms with Crippen molar-refractivity contribution in [3.8, 4) is 0 Å². The van der Waals surface area contributed by atoms with Gasteiger partial charge in [-0.1, -0.05) is 0 Å². The topological polar surface area (TPSA) is 38.1 Å². The van der Waals surface area contributed by atoms with Gasteiger partial charge in [-0.25, -0.2) is 4.98 Å². The summed E-state index contributed by atoms with van der Waals surface area (Å²) in [6.07, 6.45) is 4.99. The molecule has 2 rings (SSSR count). The molecule has 54 valence electrons. The van der Waals surface area contributed by atoms with Crippen molar-refractivity contribution in [1.82, 2.24) is 4.98 Å². The molecule has 10 heavy (non-hydrogen) atoms. The van der Waals surface area contributed by atoms with E-state index in [-0.39, 0.29) is 0 Å². The van der Waals surface area contributed by atoms with Crippen molar-refractivity contribution in [2.24, 2.45) is 0 Å². The van der Waals surface area contributed by atoms with Gasteiger partial charge in [-0.2, -0.15) is 0 Å². The van der Waals surface area contributed by atoms with E-state index in [1.54, 1.807) is 0 Å². The molecule has 1 aromatic rings. The van der Waals surface area contributed by atoms with Crippen LogP contribution in [0, 0.1) is 0 Å². The Hall–Kier alpha value is -0.990. The fraction of sp³-hybridized carbons (Fsp3) is 0.571. The second-order valence-electron chi connectivity index (χ2n) is 2.51. The van der Waals surface area contributed by atoms with Crippen LogP contribution in [0.15, 0.2) is 10.8 Å². The SMILES string of the molecule is c1nc2c(o1)NCCCC2. The second-order valence-corrected chi connectivity index (χ2v) is 2.51. The Morgan fingerprint density at radius 1 is 1.50 bits per heavy atom. The first kappa shape index (κ1) is 5.77. The molecular formula is C7H10N2O. The van der Waals surface area contributed by atoms with Crippen LogP contribution in [0.1, 0.15) is 18.5 Å². The monoisotopic (exact) mass is 138 g/mol. The summed E-state index contributed by atoms with van der Waals surface area (Å²) in [4.78, 5) is 4.09. The smallest absolute Gasteiger partial charge is 0.216 e. The van der Waals surface area contributed by atoms with Crippen molar-refractivity contribution in [2.75, 3.05) is 11.9 Å². The van der Waals surface area contributed by atoms with Crippen LogP contribution in [0.2, 0.25) is 0 Å². The second kappa shape index (κ2) is 2.33. The molecule has 0 bridgehead atoms. The van der Waals surface area contributed by atoms with Crippen LogP contribution in [0.5, 0.6) is 0 Å². The molecule has 0 aromatic carbocycles. The minimum atomic E-state index is 0.873. The number of aromatic nitrogens is 1. The van der Waals surface area contributed by atoms with Crippen LogP contribution >= 0.6 is 0 Å². The molecule has 1 aliphatic rings. The molecule has 3 nitrogen and oxygen atoms in total. The predicted octanol–water partition coefficient (Wildman–Crippen LogP) is 1.42. The van der Waals surface area contributed by atoms with Crippen LogP contribution < -0.4 is 5.32 Å². The van der Waals surface area contributed by atoms with Crippen molar-refractivity contribution in [1.29, 1.82) is 0 Å². The average molecular weight is 138 g/mol. The zero-order chi connectivity index (χ0) is 6.81. The van der Waals surface area contributed by atoms with Crippen LogP contribution in [0.4, 0.5) is 5.88 Å². The average Bonchev–Trinajstić information content (AvgIpc) is 2.28. The lowest BCUT2D eigenvalue weighted by molar-refractivity contribution is 0.569. The molecule has 1 aliphatic heterocycles. The molecule has 0 aliphatic carbocycles. The first-order valence-corrected chi connectivity index (χ1v) is 3.63. The molecule has 1 aromatic heterocycles. The van der Waals surface area contributed by atoms with Gasteiger partial charge in [0.15, 0.2) is 6.39 Å². The number of hydrogen-bond donors (Lipinski definition) is 1. The molecule has 0 unspecified atom stereocenters. The minimum Gasteiger partial charge on any atom is -0.428 e. The molecule has 3 heteroatoms.